The molecule has 0 bridgehead atoms. The summed E-state index contributed by atoms with van der Waals surface area (Å²) in [5, 5.41) is 5.74. The monoisotopic (exact) mass is 347 g/mol. The number of halogens is 1. The number of aryl methyl sites for hydroxylation is 1. The number of nitrogens with zero attached hydrogens (tertiary/aromatic N) is 1. The Morgan fingerprint density at radius 1 is 1.28 bits per heavy atom. The molecule has 1 saturated carbocycles. The summed E-state index contributed by atoms with van der Waals surface area (Å²) in [6.07, 6.45) is 5.54. The maximum atomic E-state index is 13.4. The fraction of sp³-hybridized carbons (Fsp3) is 0.579. The van der Waals surface area contributed by atoms with Crippen molar-refractivity contribution in [3.05, 3.63) is 35.1 Å². The van der Waals surface area contributed by atoms with E-state index in [0.717, 1.165) is 49.7 Å². The first kappa shape index (κ1) is 17.7. The number of benzene rings is 1. The van der Waals surface area contributed by atoms with Crippen LogP contribution in [0.1, 0.15) is 49.3 Å². The number of carbonyl (C=O) groups is 2. The molecule has 1 fully saturated rings. The lowest BCUT2D eigenvalue weighted by molar-refractivity contribution is -0.136. The van der Waals surface area contributed by atoms with E-state index in [4.69, 9.17) is 0 Å². The zero-order chi connectivity index (χ0) is 17.8. The van der Waals surface area contributed by atoms with Crippen LogP contribution in [0.5, 0.6) is 0 Å². The Labute approximate surface area is 148 Å². The van der Waals surface area contributed by atoms with Gasteiger partial charge in [0.05, 0.1) is 6.04 Å². The molecule has 0 heterocycles. The van der Waals surface area contributed by atoms with Gasteiger partial charge < -0.3 is 15.5 Å². The lowest BCUT2D eigenvalue weighted by atomic mass is 9.84. The number of hydrogen-bond acceptors (Lipinski definition) is 2. The van der Waals surface area contributed by atoms with Crippen LogP contribution in [0, 0.1) is 11.7 Å². The molecule has 1 aromatic rings. The van der Waals surface area contributed by atoms with Crippen LogP contribution in [0.25, 0.3) is 0 Å². The predicted octanol–water partition coefficient (Wildman–Crippen LogP) is 2.76. The van der Waals surface area contributed by atoms with E-state index in [-0.39, 0.29) is 29.7 Å². The molecule has 1 atom stereocenters. The van der Waals surface area contributed by atoms with Gasteiger partial charge in [-0.15, -0.1) is 0 Å². The SMILES string of the molecule is CN(CCCNC(=O)NC1CCc2ccc(F)cc21)C(=O)C1CCC1. The van der Waals surface area contributed by atoms with Gasteiger partial charge in [0.2, 0.25) is 5.91 Å². The molecule has 6 heteroatoms. The summed E-state index contributed by atoms with van der Waals surface area (Å²) < 4.78 is 13.4. The molecular weight excluding hydrogens is 321 g/mol. The summed E-state index contributed by atoms with van der Waals surface area (Å²) in [5.41, 5.74) is 1.98. The lowest BCUT2D eigenvalue weighted by Gasteiger charge is -2.29. The Morgan fingerprint density at radius 3 is 2.80 bits per heavy atom. The Bertz CT molecular complexity index is 646. The van der Waals surface area contributed by atoms with Crippen molar-refractivity contribution < 1.29 is 14.0 Å². The van der Waals surface area contributed by atoms with Gasteiger partial charge in [-0.2, -0.15) is 0 Å². The molecule has 0 saturated heterocycles. The van der Waals surface area contributed by atoms with E-state index in [1.165, 1.54) is 12.1 Å². The van der Waals surface area contributed by atoms with Crippen molar-refractivity contribution in [2.75, 3.05) is 20.1 Å². The van der Waals surface area contributed by atoms with Gasteiger partial charge in [-0.3, -0.25) is 4.79 Å². The molecule has 5 nitrogen and oxygen atoms in total. The van der Waals surface area contributed by atoms with E-state index in [0.29, 0.717) is 13.1 Å². The second-order valence-electron chi connectivity index (χ2n) is 7.08. The summed E-state index contributed by atoms with van der Waals surface area (Å²) in [5.74, 6) is 0.163. The van der Waals surface area contributed by atoms with Crippen LogP contribution in [-0.2, 0) is 11.2 Å². The second-order valence-corrected chi connectivity index (χ2v) is 7.08. The Kier molecular flexibility index (Phi) is 5.56. The smallest absolute Gasteiger partial charge is 0.315 e. The Hall–Kier alpha value is -2.11. The van der Waals surface area contributed by atoms with Gasteiger partial charge in [0.15, 0.2) is 0 Å². The molecule has 0 aliphatic heterocycles. The van der Waals surface area contributed by atoms with E-state index in [1.807, 2.05) is 7.05 Å². The van der Waals surface area contributed by atoms with Crippen molar-refractivity contribution in [1.82, 2.24) is 15.5 Å². The lowest BCUT2D eigenvalue weighted by Crippen LogP contribution is -2.40. The minimum atomic E-state index is -0.271. The number of amides is 3. The van der Waals surface area contributed by atoms with Crippen LogP contribution >= 0.6 is 0 Å². The summed E-state index contributed by atoms with van der Waals surface area (Å²) >= 11 is 0. The minimum absolute atomic E-state index is 0.131. The van der Waals surface area contributed by atoms with Gasteiger partial charge >= 0.3 is 6.03 Å². The standard InChI is InChI=1S/C19H26FN3O2/c1-23(18(24)14-4-2-5-14)11-3-10-21-19(25)22-17-9-7-13-6-8-15(20)12-16(13)17/h6,8,12,14,17H,2-5,7,9-11H2,1H3,(H2,21,22,25). The molecule has 0 radical (unpaired) electrons. The Balaban J connectivity index is 1.36. The van der Waals surface area contributed by atoms with Crippen molar-refractivity contribution >= 4 is 11.9 Å². The molecule has 2 aliphatic carbocycles. The molecule has 2 N–H and O–H groups in total. The summed E-state index contributed by atoms with van der Waals surface area (Å²) in [7, 11) is 1.82. The topological polar surface area (TPSA) is 61.4 Å². The first-order valence-electron chi connectivity index (χ1n) is 9.12. The van der Waals surface area contributed by atoms with E-state index >= 15 is 0 Å². The first-order chi connectivity index (χ1) is 12.0. The maximum Gasteiger partial charge on any atom is 0.315 e. The van der Waals surface area contributed by atoms with Gasteiger partial charge in [-0.1, -0.05) is 12.5 Å². The van der Waals surface area contributed by atoms with Gasteiger partial charge in [-0.05, 0) is 55.4 Å². The highest BCUT2D eigenvalue weighted by Gasteiger charge is 2.27. The van der Waals surface area contributed by atoms with Crippen molar-refractivity contribution in [2.45, 2.75) is 44.6 Å². The maximum absolute atomic E-state index is 13.4. The van der Waals surface area contributed by atoms with Crippen LogP contribution in [0.3, 0.4) is 0 Å². The molecule has 2 aliphatic rings. The van der Waals surface area contributed by atoms with E-state index < -0.39 is 0 Å². The number of nitrogens with one attached hydrogen (secondary N) is 2. The summed E-state index contributed by atoms with van der Waals surface area (Å²) in [6, 6.07) is 4.39. The molecule has 0 aromatic heterocycles. The van der Waals surface area contributed by atoms with Crippen LogP contribution in [0.4, 0.5) is 9.18 Å². The number of rotatable bonds is 6. The van der Waals surface area contributed by atoms with Crippen molar-refractivity contribution in [1.29, 1.82) is 0 Å². The van der Waals surface area contributed by atoms with Gasteiger partial charge in [0, 0.05) is 26.1 Å². The average Bonchev–Trinajstić information content (AvgIpc) is 2.91. The molecular formula is C19H26FN3O2. The quantitative estimate of drug-likeness (QED) is 0.778. The highest BCUT2D eigenvalue weighted by molar-refractivity contribution is 5.79. The zero-order valence-corrected chi connectivity index (χ0v) is 14.7. The van der Waals surface area contributed by atoms with Crippen LogP contribution in [0.2, 0.25) is 0 Å². The molecule has 0 spiro atoms. The van der Waals surface area contributed by atoms with Crippen LogP contribution < -0.4 is 10.6 Å². The average molecular weight is 347 g/mol. The third kappa shape index (κ3) is 4.30. The number of urea groups is 1. The molecule has 25 heavy (non-hydrogen) atoms. The largest absolute Gasteiger partial charge is 0.345 e. The van der Waals surface area contributed by atoms with Crippen molar-refractivity contribution in [2.24, 2.45) is 5.92 Å². The summed E-state index contributed by atoms with van der Waals surface area (Å²) in [6.45, 7) is 1.16. The van der Waals surface area contributed by atoms with Gasteiger partial charge in [0.25, 0.3) is 0 Å². The minimum Gasteiger partial charge on any atom is -0.345 e. The number of fused-ring (bicyclic) bond motifs is 1. The van der Waals surface area contributed by atoms with Gasteiger partial charge in [0.1, 0.15) is 5.82 Å². The Morgan fingerprint density at radius 2 is 2.08 bits per heavy atom. The number of hydrogen-bond donors (Lipinski definition) is 2. The van der Waals surface area contributed by atoms with Crippen molar-refractivity contribution in [3.63, 3.8) is 0 Å². The van der Waals surface area contributed by atoms with E-state index in [2.05, 4.69) is 10.6 Å². The highest BCUT2D eigenvalue weighted by Crippen LogP contribution is 2.31. The third-order valence-corrected chi connectivity index (χ3v) is 5.28. The summed E-state index contributed by atoms with van der Waals surface area (Å²) in [4.78, 5) is 25.8. The zero-order valence-electron chi connectivity index (χ0n) is 14.7. The highest BCUT2D eigenvalue weighted by atomic mass is 19.1. The third-order valence-electron chi connectivity index (χ3n) is 5.28. The predicted molar refractivity (Wildman–Crippen MR) is 93.6 cm³/mol. The molecule has 1 aromatic carbocycles. The number of carbonyl (C=O) groups excluding carboxylic acids is 2. The van der Waals surface area contributed by atoms with E-state index in [1.54, 1.807) is 11.0 Å². The van der Waals surface area contributed by atoms with E-state index in [9.17, 15) is 14.0 Å². The molecule has 3 amide bonds. The molecule has 1 unspecified atom stereocenters. The van der Waals surface area contributed by atoms with Gasteiger partial charge in [-0.25, -0.2) is 9.18 Å². The van der Waals surface area contributed by atoms with Crippen molar-refractivity contribution in [3.8, 4) is 0 Å². The van der Waals surface area contributed by atoms with Crippen LogP contribution in [-0.4, -0.2) is 37.0 Å². The first-order valence-corrected chi connectivity index (χ1v) is 9.12. The normalized spacial score (nSPS) is 19.0. The molecule has 136 valence electrons. The molecule has 3 rings (SSSR count). The fourth-order valence-electron chi connectivity index (χ4n) is 3.53. The van der Waals surface area contributed by atoms with Crippen LogP contribution in [0.15, 0.2) is 18.2 Å². The fourth-order valence-corrected chi connectivity index (χ4v) is 3.53. The second kappa shape index (κ2) is 7.85.